The second-order valence-electron chi connectivity index (χ2n) is 4.96. The Morgan fingerprint density at radius 2 is 2.17 bits per heavy atom. The van der Waals surface area contributed by atoms with Gasteiger partial charge in [0, 0.05) is 17.9 Å². The third-order valence-corrected chi connectivity index (χ3v) is 5.32. The summed E-state index contributed by atoms with van der Waals surface area (Å²) in [7, 11) is 0. The molecule has 0 aromatic rings. The van der Waals surface area contributed by atoms with E-state index < -0.39 is 0 Å². The van der Waals surface area contributed by atoms with Gasteiger partial charge in [0.25, 0.3) is 0 Å². The van der Waals surface area contributed by atoms with Gasteiger partial charge in [-0.15, -0.1) is 4.52 Å². The molecule has 3 atom stereocenters. The lowest BCUT2D eigenvalue weighted by Gasteiger charge is -2.63. The SMILES string of the molecule is CC1(C)C2CCC3(N=NS3)C1C2. The molecule has 3 fully saturated rings. The number of fused-ring (bicyclic) bond motifs is 1. The molecule has 3 saturated carbocycles. The monoisotopic (exact) mass is 182 g/mol. The van der Waals surface area contributed by atoms with Gasteiger partial charge in [0.1, 0.15) is 0 Å². The largest absolute Gasteiger partial charge is 0.162 e. The molecule has 0 saturated heterocycles. The summed E-state index contributed by atoms with van der Waals surface area (Å²) in [5.41, 5.74) is 0.546. The van der Waals surface area contributed by atoms with Crippen LogP contribution in [0.25, 0.3) is 0 Å². The van der Waals surface area contributed by atoms with E-state index in [9.17, 15) is 0 Å². The minimum Gasteiger partial charge on any atom is -0.162 e. The van der Waals surface area contributed by atoms with Gasteiger partial charge in [-0.05, 0) is 30.6 Å². The van der Waals surface area contributed by atoms with Crippen molar-refractivity contribution in [3.63, 3.8) is 0 Å². The molecule has 1 heterocycles. The highest BCUT2D eigenvalue weighted by Gasteiger charge is 2.64. The summed E-state index contributed by atoms with van der Waals surface area (Å²) < 4.78 is 3.98. The summed E-state index contributed by atoms with van der Waals surface area (Å²) in [5, 5.41) is 4.36. The lowest BCUT2D eigenvalue weighted by Crippen LogP contribution is -2.60. The third kappa shape index (κ3) is 0.617. The predicted molar refractivity (Wildman–Crippen MR) is 49.8 cm³/mol. The summed E-state index contributed by atoms with van der Waals surface area (Å²) in [6, 6.07) is 0. The summed E-state index contributed by atoms with van der Waals surface area (Å²) in [5.74, 6) is 1.79. The van der Waals surface area contributed by atoms with Gasteiger partial charge >= 0.3 is 0 Å². The first kappa shape index (κ1) is 7.36. The van der Waals surface area contributed by atoms with Crippen molar-refractivity contribution in [3.8, 4) is 0 Å². The van der Waals surface area contributed by atoms with Crippen LogP contribution < -0.4 is 0 Å². The van der Waals surface area contributed by atoms with Crippen molar-refractivity contribution < 1.29 is 0 Å². The van der Waals surface area contributed by atoms with Gasteiger partial charge < -0.3 is 0 Å². The Hall–Kier alpha value is -0.0500. The maximum atomic E-state index is 4.36. The summed E-state index contributed by atoms with van der Waals surface area (Å²) >= 11 is 1.74. The molecule has 4 aliphatic rings. The maximum absolute atomic E-state index is 4.36. The average Bonchev–Trinajstić information content (AvgIpc) is 2.01. The Bertz CT molecular complexity index is 259. The molecule has 0 radical (unpaired) electrons. The van der Waals surface area contributed by atoms with E-state index in [4.69, 9.17) is 0 Å². The van der Waals surface area contributed by atoms with Gasteiger partial charge in [0.2, 0.25) is 0 Å². The van der Waals surface area contributed by atoms with Crippen molar-refractivity contribution in [2.75, 3.05) is 0 Å². The molecular weight excluding hydrogens is 168 g/mol. The molecule has 1 spiro atoms. The van der Waals surface area contributed by atoms with Crippen molar-refractivity contribution in [2.45, 2.75) is 38.0 Å². The Kier molecular flexibility index (Phi) is 1.16. The first-order chi connectivity index (χ1) is 5.65. The smallest absolute Gasteiger partial charge is 0.154 e. The molecule has 4 rings (SSSR count). The van der Waals surface area contributed by atoms with Gasteiger partial charge in [-0.2, -0.15) is 5.11 Å². The third-order valence-electron chi connectivity index (χ3n) is 4.28. The Morgan fingerprint density at radius 1 is 1.42 bits per heavy atom. The Balaban J connectivity index is 1.96. The van der Waals surface area contributed by atoms with Gasteiger partial charge in [-0.1, -0.05) is 13.8 Å². The van der Waals surface area contributed by atoms with Crippen LogP contribution in [-0.2, 0) is 0 Å². The molecule has 66 valence electrons. The zero-order valence-corrected chi connectivity index (χ0v) is 8.40. The Morgan fingerprint density at radius 3 is 2.50 bits per heavy atom. The fourth-order valence-electron chi connectivity index (χ4n) is 3.20. The number of hydrogen-bond donors (Lipinski definition) is 0. The van der Waals surface area contributed by atoms with Gasteiger partial charge in [0.15, 0.2) is 4.87 Å². The fraction of sp³-hybridized carbons (Fsp3) is 1.00. The topological polar surface area (TPSA) is 24.7 Å². The molecule has 0 amide bonds. The van der Waals surface area contributed by atoms with E-state index in [1.54, 1.807) is 11.9 Å². The fourth-order valence-corrected chi connectivity index (χ4v) is 4.23. The first-order valence-corrected chi connectivity index (χ1v) is 5.53. The van der Waals surface area contributed by atoms with Crippen LogP contribution in [0.15, 0.2) is 9.63 Å². The van der Waals surface area contributed by atoms with E-state index >= 15 is 0 Å². The minimum atomic E-state index is 0.234. The zero-order chi connectivity index (χ0) is 8.40. The van der Waals surface area contributed by atoms with Crippen LogP contribution in [-0.4, -0.2) is 4.87 Å². The standard InChI is InChI=1S/C9H14N2S/c1-8(2)6-3-4-9(7(8)5-6)10-11-12-9/h6-7H,3-5H2,1-2H3. The molecule has 3 heteroatoms. The van der Waals surface area contributed by atoms with E-state index in [1.165, 1.54) is 19.3 Å². The molecular formula is C9H14N2S. The molecule has 2 bridgehead atoms. The molecule has 1 aliphatic heterocycles. The van der Waals surface area contributed by atoms with Crippen LogP contribution in [0.5, 0.6) is 0 Å². The molecule has 0 aromatic carbocycles. The van der Waals surface area contributed by atoms with Crippen LogP contribution in [0.4, 0.5) is 0 Å². The highest BCUT2D eigenvalue weighted by atomic mass is 32.2. The second kappa shape index (κ2) is 1.89. The van der Waals surface area contributed by atoms with Crippen molar-refractivity contribution in [2.24, 2.45) is 26.9 Å². The summed E-state index contributed by atoms with van der Waals surface area (Å²) in [4.78, 5) is 0.234. The van der Waals surface area contributed by atoms with E-state index in [0.29, 0.717) is 5.41 Å². The van der Waals surface area contributed by atoms with Gasteiger partial charge in [0.05, 0.1) is 0 Å². The van der Waals surface area contributed by atoms with E-state index in [2.05, 4.69) is 23.5 Å². The highest BCUT2D eigenvalue weighted by Crippen LogP contribution is 2.69. The quantitative estimate of drug-likeness (QED) is 0.528. The molecule has 0 aromatic heterocycles. The van der Waals surface area contributed by atoms with E-state index in [0.717, 1.165) is 11.8 Å². The van der Waals surface area contributed by atoms with E-state index in [1.807, 2.05) is 0 Å². The van der Waals surface area contributed by atoms with Crippen LogP contribution in [0.2, 0.25) is 0 Å². The molecule has 3 unspecified atom stereocenters. The normalized spacial score (nSPS) is 53.2. The molecule has 0 N–H and O–H groups in total. The molecule has 12 heavy (non-hydrogen) atoms. The van der Waals surface area contributed by atoms with E-state index in [-0.39, 0.29) is 4.87 Å². The summed E-state index contributed by atoms with van der Waals surface area (Å²) in [6.45, 7) is 4.81. The van der Waals surface area contributed by atoms with Crippen molar-refractivity contribution >= 4 is 11.9 Å². The second-order valence-corrected chi connectivity index (χ2v) is 6.02. The Labute approximate surface area is 77.3 Å². The van der Waals surface area contributed by atoms with Crippen LogP contribution in [0, 0.1) is 17.3 Å². The minimum absolute atomic E-state index is 0.234. The maximum Gasteiger partial charge on any atom is 0.154 e. The molecule has 2 nitrogen and oxygen atoms in total. The number of rotatable bonds is 0. The van der Waals surface area contributed by atoms with Crippen LogP contribution in [0.3, 0.4) is 0 Å². The van der Waals surface area contributed by atoms with Crippen molar-refractivity contribution in [3.05, 3.63) is 0 Å². The van der Waals surface area contributed by atoms with Crippen molar-refractivity contribution in [1.29, 1.82) is 0 Å². The number of hydrogen-bond acceptors (Lipinski definition) is 3. The lowest BCUT2D eigenvalue weighted by atomic mass is 9.47. The van der Waals surface area contributed by atoms with Crippen LogP contribution >= 0.6 is 11.9 Å². The van der Waals surface area contributed by atoms with Crippen molar-refractivity contribution in [1.82, 2.24) is 0 Å². The van der Waals surface area contributed by atoms with Gasteiger partial charge in [-0.3, -0.25) is 0 Å². The lowest BCUT2D eigenvalue weighted by molar-refractivity contribution is -0.0917. The predicted octanol–water partition coefficient (Wildman–Crippen LogP) is 3.25. The molecule has 3 aliphatic carbocycles. The van der Waals surface area contributed by atoms with Gasteiger partial charge in [-0.25, -0.2) is 0 Å². The number of nitrogens with zero attached hydrogens (tertiary/aromatic N) is 2. The zero-order valence-electron chi connectivity index (χ0n) is 7.58. The first-order valence-electron chi connectivity index (χ1n) is 4.75. The van der Waals surface area contributed by atoms with Crippen LogP contribution in [0.1, 0.15) is 33.1 Å². The highest BCUT2D eigenvalue weighted by molar-refractivity contribution is 8.00. The summed E-state index contributed by atoms with van der Waals surface area (Å²) in [6.07, 6.45) is 4.05. The average molecular weight is 182 g/mol.